The fourth-order valence-electron chi connectivity index (χ4n) is 4.13. The second-order valence-corrected chi connectivity index (χ2v) is 9.70. The van der Waals surface area contributed by atoms with Crippen LogP contribution in [0.3, 0.4) is 0 Å². The minimum Gasteiger partial charge on any atom is -0.481 e. The molecule has 5 aromatic rings. The standard InChI is InChI=1S/C31H20BrN5O4/c32-26-14-22(15-29(37(39)40)30(26)41-19-21-12-10-20(17-33)11-13-21)18-34-36-31(38)25-16-28(23-6-2-1-3-7-23)35-27-9-5-4-8-24(25)27/h1-16,18H,19H2,(H,36,38)/b34-18-. The lowest BCUT2D eigenvalue weighted by Gasteiger charge is -2.10. The number of fused-ring (bicyclic) bond motifs is 1. The molecular weight excluding hydrogens is 586 g/mol. The third-order valence-electron chi connectivity index (χ3n) is 6.12. The Morgan fingerprint density at radius 3 is 2.51 bits per heavy atom. The van der Waals surface area contributed by atoms with E-state index in [1.54, 1.807) is 36.4 Å². The summed E-state index contributed by atoms with van der Waals surface area (Å²) in [6, 6.07) is 30.3. The SMILES string of the molecule is N#Cc1ccc(COc2c(Br)cc(/C=N\NC(=O)c3cc(-c4ccccc4)nc4ccccc34)cc2[N+](=O)[O-])cc1. The van der Waals surface area contributed by atoms with Crippen LogP contribution in [0.2, 0.25) is 0 Å². The topological polar surface area (TPSA) is 131 Å². The van der Waals surface area contributed by atoms with Gasteiger partial charge >= 0.3 is 5.69 Å². The first kappa shape index (κ1) is 27.2. The van der Waals surface area contributed by atoms with Crippen LogP contribution in [0, 0.1) is 21.4 Å². The van der Waals surface area contributed by atoms with Crippen molar-refractivity contribution in [2.75, 3.05) is 0 Å². The number of benzene rings is 4. The number of nitriles is 1. The summed E-state index contributed by atoms with van der Waals surface area (Å²) in [6.07, 6.45) is 1.32. The normalized spacial score (nSPS) is 10.8. The largest absolute Gasteiger partial charge is 0.481 e. The van der Waals surface area contributed by atoms with E-state index in [1.165, 1.54) is 12.3 Å². The van der Waals surface area contributed by atoms with Crippen LogP contribution in [0.5, 0.6) is 5.75 Å². The maximum atomic E-state index is 13.2. The zero-order chi connectivity index (χ0) is 28.8. The molecule has 4 aromatic carbocycles. The first-order chi connectivity index (χ1) is 19.9. The molecule has 0 aliphatic rings. The summed E-state index contributed by atoms with van der Waals surface area (Å²) in [5.74, 6) is -0.398. The van der Waals surface area contributed by atoms with Gasteiger partial charge in [0, 0.05) is 22.6 Å². The molecule has 0 spiro atoms. The fraction of sp³-hybridized carbons (Fsp3) is 0.0323. The third kappa shape index (κ3) is 6.27. The highest BCUT2D eigenvalue weighted by molar-refractivity contribution is 9.10. The van der Waals surface area contributed by atoms with Gasteiger partial charge in [-0.15, -0.1) is 0 Å². The molecule has 0 bridgehead atoms. The summed E-state index contributed by atoms with van der Waals surface area (Å²) in [7, 11) is 0. The lowest BCUT2D eigenvalue weighted by Crippen LogP contribution is -2.18. The Labute approximate surface area is 243 Å². The number of nitro groups is 1. The smallest absolute Gasteiger partial charge is 0.312 e. The summed E-state index contributed by atoms with van der Waals surface area (Å²) < 4.78 is 6.09. The summed E-state index contributed by atoms with van der Waals surface area (Å²) >= 11 is 3.35. The van der Waals surface area contributed by atoms with Gasteiger partial charge in [0.05, 0.1) is 44.0 Å². The van der Waals surface area contributed by atoms with Crippen molar-refractivity contribution in [1.82, 2.24) is 10.4 Å². The molecule has 1 heterocycles. The summed E-state index contributed by atoms with van der Waals surface area (Å²) in [5.41, 5.74) is 6.45. The number of rotatable bonds is 8. The minimum atomic E-state index is -0.553. The molecule has 0 aliphatic heterocycles. The maximum absolute atomic E-state index is 13.2. The van der Waals surface area contributed by atoms with E-state index >= 15 is 0 Å². The van der Waals surface area contributed by atoms with Crippen molar-refractivity contribution in [2.45, 2.75) is 6.61 Å². The number of para-hydroxylation sites is 1. The predicted molar refractivity (Wildman–Crippen MR) is 159 cm³/mol. The van der Waals surface area contributed by atoms with Crippen LogP contribution < -0.4 is 10.2 Å². The number of hydrogen-bond acceptors (Lipinski definition) is 7. The van der Waals surface area contributed by atoms with Gasteiger partial charge < -0.3 is 4.74 Å². The molecule has 1 amide bonds. The first-order valence-corrected chi connectivity index (χ1v) is 13.1. The van der Waals surface area contributed by atoms with E-state index in [0.717, 1.165) is 11.1 Å². The molecule has 10 heteroatoms. The Bertz CT molecular complexity index is 1830. The van der Waals surface area contributed by atoms with Crippen molar-refractivity contribution in [3.63, 3.8) is 0 Å². The van der Waals surface area contributed by atoms with Crippen LogP contribution in [0.4, 0.5) is 5.69 Å². The molecule has 1 aromatic heterocycles. The number of pyridine rings is 1. The number of nitrogens with zero attached hydrogens (tertiary/aromatic N) is 4. The van der Waals surface area contributed by atoms with Gasteiger partial charge in [-0.3, -0.25) is 14.9 Å². The van der Waals surface area contributed by atoms with Crippen molar-refractivity contribution in [3.8, 4) is 23.1 Å². The Balaban J connectivity index is 1.36. The van der Waals surface area contributed by atoms with E-state index in [-0.39, 0.29) is 18.0 Å². The molecule has 1 N–H and O–H groups in total. The Morgan fingerprint density at radius 1 is 1.05 bits per heavy atom. The molecule has 0 aliphatic carbocycles. The fourth-order valence-corrected chi connectivity index (χ4v) is 4.71. The zero-order valence-electron chi connectivity index (χ0n) is 21.3. The monoisotopic (exact) mass is 605 g/mol. The van der Waals surface area contributed by atoms with Gasteiger partial charge in [-0.25, -0.2) is 10.4 Å². The van der Waals surface area contributed by atoms with E-state index in [9.17, 15) is 14.9 Å². The van der Waals surface area contributed by atoms with Gasteiger partial charge in [0.2, 0.25) is 5.75 Å². The molecule has 0 saturated heterocycles. The highest BCUT2D eigenvalue weighted by Crippen LogP contribution is 2.36. The minimum absolute atomic E-state index is 0.0530. The van der Waals surface area contributed by atoms with E-state index in [4.69, 9.17) is 15.0 Å². The molecular formula is C31H20BrN5O4. The molecule has 0 saturated carbocycles. The Morgan fingerprint density at radius 2 is 1.78 bits per heavy atom. The lowest BCUT2D eigenvalue weighted by atomic mass is 10.0. The van der Waals surface area contributed by atoms with Crippen LogP contribution in [-0.4, -0.2) is 22.0 Å². The molecule has 5 rings (SSSR count). The quantitative estimate of drug-likeness (QED) is 0.118. The number of carbonyl (C=O) groups excluding carboxylic acids is 1. The number of amides is 1. The van der Waals surface area contributed by atoms with Crippen molar-refractivity contribution in [2.24, 2.45) is 5.10 Å². The van der Waals surface area contributed by atoms with E-state index < -0.39 is 10.8 Å². The van der Waals surface area contributed by atoms with Gasteiger partial charge in [0.25, 0.3) is 5.91 Å². The number of aromatic nitrogens is 1. The van der Waals surface area contributed by atoms with Crippen LogP contribution >= 0.6 is 15.9 Å². The summed E-state index contributed by atoms with van der Waals surface area (Å²) in [5, 5.41) is 25.5. The zero-order valence-corrected chi connectivity index (χ0v) is 22.9. The number of carbonyl (C=O) groups is 1. The van der Waals surface area contributed by atoms with Crippen LogP contribution in [-0.2, 0) is 6.61 Å². The van der Waals surface area contributed by atoms with Crippen molar-refractivity contribution < 1.29 is 14.5 Å². The molecule has 200 valence electrons. The number of nitrogens with one attached hydrogen (secondary N) is 1. The van der Waals surface area contributed by atoms with Gasteiger partial charge in [0.15, 0.2) is 0 Å². The van der Waals surface area contributed by atoms with Gasteiger partial charge in [-0.05, 0) is 51.8 Å². The predicted octanol–water partition coefficient (Wildman–Crippen LogP) is 6.79. The van der Waals surface area contributed by atoms with E-state index in [0.29, 0.717) is 37.8 Å². The summed E-state index contributed by atoms with van der Waals surface area (Å²) in [4.78, 5) is 29.1. The molecule has 0 fully saturated rings. The molecule has 0 radical (unpaired) electrons. The molecule has 0 unspecified atom stereocenters. The van der Waals surface area contributed by atoms with Crippen molar-refractivity contribution >= 4 is 44.6 Å². The van der Waals surface area contributed by atoms with Gasteiger partial charge in [-0.1, -0.05) is 60.7 Å². The summed E-state index contributed by atoms with van der Waals surface area (Å²) in [6.45, 7) is 0.0689. The van der Waals surface area contributed by atoms with Crippen LogP contribution in [0.25, 0.3) is 22.2 Å². The van der Waals surface area contributed by atoms with E-state index in [2.05, 4.69) is 26.5 Å². The first-order valence-electron chi connectivity index (χ1n) is 12.3. The average molecular weight is 606 g/mol. The molecule has 0 atom stereocenters. The maximum Gasteiger partial charge on any atom is 0.312 e. The van der Waals surface area contributed by atoms with Crippen molar-refractivity contribution in [3.05, 3.63) is 134 Å². The number of hydrogen-bond donors (Lipinski definition) is 1. The lowest BCUT2D eigenvalue weighted by molar-refractivity contribution is -0.386. The molecule has 9 nitrogen and oxygen atoms in total. The van der Waals surface area contributed by atoms with Crippen molar-refractivity contribution in [1.29, 1.82) is 5.26 Å². The number of halogens is 1. The molecule has 41 heavy (non-hydrogen) atoms. The second-order valence-electron chi connectivity index (χ2n) is 8.84. The average Bonchev–Trinajstić information content (AvgIpc) is 3.00. The second kappa shape index (κ2) is 12.2. The Hall–Kier alpha value is -5.40. The highest BCUT2D eigenvalue weighted by Gasteiger charge is 2.20. The third-order valence-corrected chi connectivity index (χ3v) is 6.71. The number of ether oxygens (including phenoxy) is 1. The van der Waals surface area contributed by atoms with Crippen LogP contribution in [0.15, 0.2) is 107 Å². The highest BCUT2D eigenvalue weighted by atomic mass is 79.9. The Kier molecular flexibility index (Phi) is 8.08. The number of hydrazone groups is 1. The van der Waals surface area contributed by atoms with Gasteiger partial charge in [-0.2, -0.15) is 10.4 Å². The number of nitro benzene ring substituents is 1. The van der Waals surface area contributed by atoms with Crippen LogP contribution in [0.1, 0.15) is 27.0 Å². The van der Waals surface area contributed by atoms with Gasteiger partial charge in [0.1, 0.15) is 6.61 Å². The van der Waals surface area contributed by atoms with E-state index in [1.807, 2.05) is 60.7 Å².